The summed E-state index contributed by atoms with van der Waals surface area (Å²) < 4.78 is 5.76. The third kappa shape index (κ3) is 3.85. The number of rotatable bonds is 6. The van der Waals surface area contributed by atoms with Crippen LogP contribution in [0.5, 0.6) is 0 Å². The van der Waals surface area contributed by atoms with Gasteiger partial charge in [-0.25, -0.2) is 4.79 Å². The first-order valence-corrected chi connectivity index (χ1v) is 12.4. The molecule has 0 bridgehead atoms. The summed E-state index contributed by atoms with van der Waals surface area (Å²) in [6, 6.07) is 22.8. The van der Waals surface area contributed by atoms with E-state index < -0.39 is 11.6 Å². The van der Waals surface area contributed by atoms with Crippen LogP contribution in [-0.4, -0.2) is 40.3 Å². The first kappa shape index (κ1) is 23.0. The van der Waals surface area contributed by atoms with Crippen molar-refractivity contribution in [2.75, 3.05) is 10.2 Å². The maximum absolute atomic E-state index is 13.7. The smallest absolute Gasteiger partial charge is 0.354 e. The fraction of sp³-hybridized carbons (Fsp3) is 0.241. The summed E-state index contributed by atoms with van der Waals surface area (Å²) in [5.74, 6) is -1.29. The molecule has 8 nitrogen and oxygen atoms in total. The highest BCUT2D eigenvalue weighted by Gasteiger charge is 2.64. The van der Waals surface area contributed by atoms with Crippen molar-refractivity contribution in [2.24, 2.45) is 0 Å². The first-order chi connectivity index (χ1) is 18.0. The Morgan fingerprint density at radius 2 is 1.62 bits per heavy atom. The molecule has 2 heterocycles. The Bertz CT molecular complexity index is 1400. The number of nitrogens with one attached hydrogen (secondary N) is 1. The third-order valence-electron chi connectivity index (χ3n) is 7.16. The lowest BCUT2D eigenvalue weighted by Crippen LogP contribution is -2.69. The lowest BCUT2D eigenvalue weighted by molar-refractivity contribution is -0.159. The Hall–Kier alpha value is -4.46. The van der Waals surface area contributed by atoms with Crippen LogP contribution in [0.4, 0.5) is 11.4 Å². The van der Waals surface area contributed by atoms with E-state index >= 15 is 0 Å². The largest absolute Gasteiger partial charge is 0.458 e. The van der Waals surface area contributed by atoms with E-state index in [4.69, 9.17) is 4.74 Å². The molecule has 3 aromatic rings. The van der Waals surface area contributed by atoms with Gasteiger partial charge in [-0.2, -0.15) is 0 Å². The van der Waals surface area contributed by atoms with Crippen LogP contribution in [0.1, 0.15) is 52.0 Å². The van der Waals surface area contributed by atoms with E-state index in [2.05, 4.69) is 5.32 Å². The number of carbonyl (C=O) groups is 4. The molecule has 2 aliphatic heterocycles. The van der Waals surface area contributed by atoms with Crippen molar-refractivity contribution >= 4 is 35.1 Å². The van der Waals surface area contributed by atoms with Crippen LogP contribution in [0.3, 0.4) is 0 Å². The summed E-state index contributed by atoms with van der Waals surface area (Å²) in [4.78, 5) is 55.8. The molecule has 0 spiro atoms. The monoisotopic (exact) mass is 495 g/mol. The van der Waals surface area contributed by atoms with Crippen LogP contribution in [0.25, 0.3) is 0 Å². The van der Waals surface area contributed by atoms with E-state index in [1.54, 1.807) is 53.4 Å². The number of ether oxygens (including phenoxy) is 1. The molecule has 1 N–H and O–H groups in total. The van der Waals surface area contributed by atoms with Crippen molar-refractivity contribution in [3.63, 3.8) is 0 Å². The zero-order valence-electron chi connectivity index (χ0n) is 20.1. The van der Waals surface area contributed by atoms with Crippen LogP contribution in [-0.2, 0) is 20.9 Å². The van der Waals surface area contributed by atoms with Crippen LogP contribution < -0.4 is 10.2 Å². The number of amides is 3. The molecule has 1 aliphatic carbocycles. The molecule has 0 radical (unpaired) electrons. The summed E-state index contributed by atoms with van der Waals surface area (Å²) in [7, 11) is 0. The number of benzene rings is 3. The number of anilines is 2. The minimum atomic E-state index is -1.47. The van der Waals surface area contributed by atoms with E-state index in [1.807, 2.05) is 30.3 Å². The van der Waals surface area contributed by atoms with Gasteiger partial charge in [0.05, 0.1) is 11.3 Å². The molecule has 0 aromatic heterocycles. The molecular formula is C29H25N3O5. The molecule has 37 heavy (non-hydrogen) atoms. The van der Waals surface area contributed by atoms with Crippen molar-refractivity contribution in [2.45, 2.75) is 44.0 Å². The van der Waals surface area contributed by atoms with Gasteiger partial charge in [0.2, 0.25) is 11.6 Å². The summed E-state index contributed by atoms with van der Waals surface area (Å²) in [6.07, 6.45) is 1.93. The molecule has 3 aromatic carbocycles. The third-order valence-corrected chi connectivity index (χ3v) is 7.16. The Labute approximate surface area is 213 Å². The van der Waals surface area contributed by atoms with Gasteiger partial charge in [-0.1, -0.05) is 42.5 Å². The number of carbonyl (C=O) groups excluding carboxylic acids is 4. The second kappa shape index (κ2) is 8.89. The Kier molecular flexibility index (Phi) is 5.52. The fourth-order valence-corrected chi connectivity index (χ4v) is 5.25. The first-order valence-electron chi connectivity index (χ1n) is 12.4. The summed E-state index contributed by atoms with van der Waals surface area (Å²) >= 11 is 0. The molecule has 1 saturated heterocycles. The zero-order valence-corrected chi connectivity index (χ0v) is 20.1. The van der Waals surface area contributed by atoms with E-state index in [0.29, 0.717) is 28.1 Å². The Balaban J connectivity index is 1.22. The standard InChI is InChI=1S/C29H25N3O5/c33-25-16-17-29(31(22-14-15-22)27(35)23-8-4-5-9-24(23)32(25)29)28(36)37-18-19-10-12-20(13-11-19)26(34)30-21-6-2-1-3-7-21/h1-13,22H,14-18H2,(H,30,34). The van der Waals surface area contributed by atoms with Gasteiger partial charge in [0.1, 0.15) is 6.61 Å². The van der Waals surface area contributed by atoms with Gasteiger partial charge < -0.3 is 15.0 Å². The summed E-state index contributed by atoms with van der Waals surface area (Å²) in [5, 5.41) is 2.83. The zero-order chi connectivity index (χ0) is 25.6. The molecule has 8 heteroatoms. The Morgan fingerprint density at radius 3 is 2.35 bits per heavy atom. The van der Waals surface area contributed by atoms with Gasteiger partial charge >= 0.3 is 5.97 Å². The van der Waals surface area contributed by atoms with Gasteiger partial charge in [-0.3, -0.25) is 19.3 Å². The molecule has 1 unspecified atom stereocenters. The molecule has 186 valence electrons. The molecule has 1 saturated carbocycles. The van der Waals surface area contributed by atoms with Gasteiger partial charge in [-0.15, -0.1) is 0 Å². The average molecular weight is 496 g/mol. The van der Waals surface area contributed by atoms with Crippen molar-refractivity contribution in [3.8, 4) is 0 Å². The highest BCUT2D eigenvalue weighted by Crippen LogP contribution is 2.49. The number of hydrogen-bond donors (Lipinski definition) is 1. The second-order valence-electron chi connectivity index (χ2n) is 9.56. The minimum Gasteiger partial charge on any atom is -0.458 e. The number of para-hydroxylation sites is 2. The van der Waals surface area contributed by atoms with Crippen LogP contribution >= 0.6 is 0 Å². The highest BCUT2D eigenvalue weighted by atomic mass is 16.5. The molecule has 2 fully saturated rings. The lowest BCUT2D eigenvalue weighted by atomic mass is 9.96. The molecule has 3 aliphatic rings. The van der Waals surface area contributed by atoms with Crippen LogP contribution in [0, 0.1) is 0 Å². The van der Waals surface area contributed by atoms with Gasteiger partial charge in [0.15, 0.2) is 0 Å². The van der Waals surface area contributed by atoms with E-state index in [9.17, 15) is 19.2 Å². The predicted molar refractivity (Wildman–Crippen MR) is 136 cm³/mol. The topological polar surface area (TPSA) is 96.0 Å². The summed E-state index contributed by atoms with van der Waals surface area (Å²) in [6.45, 7) is -0.0441. The average Bonchev–Trinajstić information content (AvgIpc) is 3.70. The maximum atomic E-state index is 13.7. The van der Waals surface area contributed by atoms with Crippen molar-refractivity contribution in [3.05, 3.63) is 95.6 Å². The number of hydrogen-bond acceptors (Lipinski definition) is 5. The van der Waals surface area contributed by atoms with Gasteiger partial charge in [0, 0.05) is 30.1 Å². The van der Waals surface area contributed by atoms with Crippen molar-refractivity contribution in [1.29, 1.82) is 0 Å². The van der Waals surface area contributed by atoms with Crippen molar-refractivity contribution < 1.29 is 23.9 Å². The maximum Gasteiger partial charge on any atom is 0.354 e. The van der Waals surface area contributed by atoms with Crippen LogP contribution in [0.15, 0.2) is 78.9 Å². The van der Waals surface area contributed by atoms with Gasteiger partial charge in [-0.05, 0) is 54.8 Å². The fourth-order valence-electron chi connectivity index (χ4n) is 5.25. The lowest BCUT2D eigenvalue weighted by Gasteiger charge is -2.48. The van der Waals surface area contributed by atoms with Crippen LogP contribution in [0.2, 0.25) is 0 Å². The number of fused-ring (bicyclic) bond motifs is 3. The van der Waals surface area contributed by atoms with Crippen molar-refractivity contribution in [1.82, 2.24) is 4.90 Å². The molecule has 1 atom stereocenters. The Morgan fingerprint density at radius 1 is 0.919 bits per heavy atom. The molecular weight excluding hydrogens is 470 g/mol. The SMILES string of the molecule is O=C(Nc1ccccc1)c1ccc(COC(=O)C23CCC(=O)N2c2ccccc2C(=O)N3C2CC2)cc1. The van der Waals surface area contributed by atoms with E-state index in [-0.39, 0.29) is 43.2 Å². The highest BCUT2D eigenvalue weighted by molar-refractivity contribution is 6.15. The summed E-state index contributed by atoms with van der Waals surface area (Å²) in [5.41, 5.74) is 1.27. The molecule has 6 rings (SSSR count). The molecule has 3 amide bonds. The minimum absolute atomic E-state index is 0.0441. The number of esters is 1. The quantitative estimate of drug-likeness (QED) is 0.519. The van der Waals surface area contributed by atoms with Gasteiger partial charge in [0.25, 0.3) is 11.8 Å². The second-order valence-corrected chi connectivity index (χ2v) is 9.56. The predicted octanol–water partition coefficient (Wildman–Crippen LogP) is 4.12. The normalized spacial score (nSPS) is 20.3. The van der Waals surface area contributed by atoms with E-state index in [1.165, 1.54) is 4.90 Å². The number of nitrogens with zero attached hydrogens (tertiary/aromatic N) is 2. The van der Waals surface area contributed by atoms with E-state index in [0.717, 1.165) is 12.8 Å².